The highest BCUT2D eigenvalue weighted by Crippen LogP contribution is 2.28. The highest BCUT2D eigenvalue weighted by molar-refractivity contribution is 5.89. The second-order valence-electron chi connectivity index (χ2n) is 8.08. The molecule has 0 amide bonds. The molecule has 4 rings (SSSR count). The molecule has 4 aromatic rings. The molecular weight excluding hydrogens is 442 g/mol. The smallest absolute Gasteiger partial charge is 0.336 e. The number of nitrogens with zero attached hydrogens (tertiary/aromatic N) is 3. The molecule has 0 unspecified atom stereocenters. The van der Waals surface area contributed by atoms with E-state index in [-0.39, 0.29) is 17.2 Å². The fourth-order valence-corrected chi connectivity index (χ4v) is 3.47. The molecule has 0 bridgehead atoms. The van der Waals surface area contributed by atoms with Gasteiger partial charge in [0.25, 0.3) is 5.56 Å². The van der Waals surface area contributed by atoms with Gasteiger partial charge < -0.3 is 9.47 Å². The number of rotatable bonds is 7. The van der Waals surface area contributed by atoms with E-state index in [0.29, 0.717) is 28.0 Å². The van der Waals surface area contributed by atoms with Crippen molar-refractivity contribution in [2.24, 2.45) is 5.10 Å². The lowest BCUT2D eigenvalue weighted by Gasteiger charge is -2.12. The van der Waals surface area contributed by atoms with Crippen LogP contribution >= 0.6 is 0 Å². The number of esters is 1. The van der Waals surface area contributed by atoms with Crippen LogP contribution in [0.2, 0.25) is 0 Å². The van der Waals surface area contributed by atoms with E-state index < -0.39 is 5.97 Å². The quantitative estimate of drug-likeness (QED) is 0.165. The molecule has 0 atom stereocenters. The van der Waals surface area contributed by atoms with Gasteiger partial charge in [0.1, 0.15) is 5.82 Å². The van der Waals surface area contributed by atoms with Crippen molar-refractivity contribution in [2.75, 3.05) is 7.11 Å². The Morgan fingerprint density at radius 1 is 0.971 bits per heavy atom. The van der Waals surface area contributed by atoms with Gasteiger partial charge in [0.15, 0.2) is 11.5 Å². The predicted octanol–water partition coefficient (Wildman–Crippen LogP) is 5.03. The molecule has 0 aliphatic heterocycles. The molecule has 1 heterocycles. The Morgan fingerprint density at radius 2 is 1.71 bits per heavy atom. The third-order valence-electron chi connectivity index (χ3n) is 5.23. The van der Waals surface area contributed by atoms with Gasteiger partial charge in [-0.05, 0) is 47.5 Å². The fourth-order valence-electron chi connectivity index (χ4n) is 3.47. The maximum atomic E-state index is 13.1. The summed E-state index contributed by atoms with van der Waals surface area (Å²) in [6.07, 6.45) is 4.58. The van der Waals surface area contributed by atoms with Gasteiger partial charge in [0.2, 0.25) is 0 Å². The summed E-state index contributed by atoms with van der Waals surface area (Å²) < 4.78 is 12.2. The Hall–Kier alpha value is -4.52. The van der Waals surface area contributed by atoms with Crippen molar-refractivity contribution in [2.45, 2.75) is 19.8 Å². The first-order valence-corrected chi connectivity index (χ1v) is 11.2. The number of para-hydroxylation sites is 1. The van der Waals surface area contributed by atoms with E-state index in [1.807, 2.05) is 56.3 Å². The van der Waals surface area contributed by atoms with Crippen LogP contribution in [0, 0.1) is 0 Å². The van der Waals surface area contributed by atoms with E-state index in [1.165, 1.54) is 17.9 Å². The first-order chi connectivity index (χ1) is 17.0. The summed E-state index contributed by atoms with van der Waals surface area (Å²) in [5, 5.41) is 4.92. The van der Waals surface area contributed by atoms with Crippen LogP contribution in [0.1, 0.15) is 36.7 Å². The van der Waals surface area contributed by atoms with Gasteiger partial charge in [-0.1, -0.05) is 56.3 Å². The lowest BCUT2D eigenvalue weighted by Crippen LogP contribution is -2.23. The molecular formula is C28H25N3O4. The molecule has 0 aliphatic carbocycles. The van der Waals surface area contributed by atoms with Crippen LogP contribution in [0.15, 0.2) is 88.8 Å². The molecule has 0 radical (unpaired) electrons. The number of aromatic nitrogens is 2. The van der Waals surface area contributed by atoms with E-state index >= 15 is 0 Å². The molecule has 35 heavy (non-hydrogen) atoms. The van der Waals surface area contributed by atoms with Gasteiger partial charge in [-0.15, -0.1) is 0 Å². The summed E-state index contributed by atoms with van der Waals surface area (Å²) in [7, 11) is 1.49. The zero-order valence-electron chi connectivity index (χ0n) is 19.7. The monoisotopic (exact) mass is 467 g/mol. The number of hydrogen-bond donors (Lipinski definition) is 0. The molecule has 176 valence electrons. The van der Waals surface area contributed by atoms with Gasteiger partial charge in [-0.25, -0.2) is 9.78 Å². The summed E-state index contributed by atoms with van der Waals surface area (Å²) >= 11 is 0. The van der Waals surface area contributed by atoms with Crippen molar-refractivity contribution in [3.63, 3.8) is 0 Å². The van der Waals surface area contributed by atoms with Crippen LogP contribution in [0.5, 0.6) is 11.5 Å². The van der Waals surface area contributed by atoms with Crippen molar-refractivity contribution >= 4 is 29.2 Å². The molecule has 0 aliphatic rings. The third-order valence-corrected chi connectivity index (χ3v) is 5.23. The van der Waals surface area contributed by atoms with Crippen LogP contribution in [0.3, 0.4) is 0 Å². The number of carbonyl (C=O) groups is 1. The van der Waals surface area contributed by atoms with Crippen molar-refractivity contribution in [1.29, 1.82) is 0 Å². The van der Waals surface area contributed by atoms with E-state index in [1.54, 1.807) is 42.6 Å². The molecule has 1 aromatic heterocycles. The zero-order chi connectivity index (χ0) is 24.8. The molecule has 0 spiro atoms. The average Bonchev–Trinajstić information content (AvgIpc) is 2.88. The third kappa shape index (κ3) is 5.52. The Bertz CT molecular complexity index is 1470. The highest BCUT2D eigenvalue weighted by Gasteiger charge is 2.13. The first-order valence-electron chi connectivity index (χ1n) is 11.2. The van der Waals surface area contributed by atoms with Gasteiger partial charge in [0, 0.05) is 12.0 Å². The second-order valence-corrected chi connectivity index (χ2v) is 8.08. The summed E-state index contributed by atoms with van der Waals surface area (Å²) in [6, 6.07) is 21.7. The molecule has 0 fully saturated rings. The zero-order valence-corrected chi connectivity index (χ0v) is 19.7. The first kappa shape index (κ1) is 23.6. The SMILES string of the molecule is COc1cc(C=Nn2c(C(C)C)nc3ccccc3c2=O)ccc1OC(=O)/C=C/c1ccccc1. The minimum absolute atomic E-state index is 0.00952. The number of methoxy groups -OCH3 is 1. The summed E-state index contributed by atoms with van der Waals surface area (Å²) in [4.78, 5) is 29.9. The maximum absolute atomic E-state index is 13.1. The fraction of sp³-hybridized carbons (Fsp3) is 0.143. The Labute approximate surface area is 203 Å². The Balaban J connectivity index is 1.59. The number of carbonyl (C=O) groups excluding carboxylic acids is 1. The Morgan fingerprint density at radius 3 is 2.46 bits per heavy atom. The van der Waals surface area contributed by atoms with Crippen molar-refractivity contribution in [3.8, 4) is 11.5 Å². The van der Waals surface area contributed by atoms with E-state index in [4.69, 9.17) is 9.47 Å². The number of benzene rings is 3. The Kier molecular flexibility index (Phi) is 7.16. The molecule has 0 N–H and O–H groups in total. The van der Waals surface area contributed by atoms with E-state index in [0.717, 1.165) is 5.56 Å². The van der Waals surface area contributed by atoms with Crippen LogP contribution in [-0.4, -0.2) is 29.0 Å². The van der Waals surface area contributed by atoms with Crippen LogP contribution in [0.4, 0.5) is 0 Å². The van der Waals surface area contributed by atoms with Crippen LogP contribution in [-0.2, 0) is 4.79 Å². The van der Waals surface area contributed by atoms with Gasteiger partial charge >= 0.3 is 5.97 Å². The summed E-state index contributed by atoms with van der Waals surface area (Å²) in [6.45, 7) is 3.92. The van der Waals surface area contributed by atoms with Gasteiger partial charge in [-0.3, -0.25) is 4.79 Å². The molecule has 0 saturated carbocycles. The average molecular weight is 468 g/mol. The number of fused-ring (bicyclic) bond motifs is 1. The topological polar surface area (TPSA) is 82.8 Å². The standard InChI is InChI=1S/C28H25N3O4/c1-19(2)27-30-23-12-8-7-11-22(23)28(33)31(27)29-18-21-13-15-24(25(17-21)34-3)35-26(32)16-14-20-9-5-4-6-10-20/h4-19H,1-3H3/b16-14+,29-18?. The van der Waals surface area contributed by atoms with Gasteiger partial charge in [0.05, 0.1) is 24.2 Å². The van der Waals surface area contributed by atoms with Crippen molar-refractivity contribution in [3.05, 3.63) is 106 Å². The van der Waals surface area contributed by atoms with Crippen LogP contribution in [0.25, 0.3) is 17.0 Å². The largest absolute Gasteiger partial charge is 0.493 e. The van der Waals surface area contributed by atoms with E-state index in [2.05, 4.69) is 10.1 Å². The van der Waals surface area contributed by atoms with Gasteiger partial charge in [-0.2, -0.15) is 9.78 Å². The minimum atomic E-state index is -0.524. The summed E-state index contributed by atoms with van der Waals surface area (Å²) in [5.74, 6) is 0.671. The minimum Gasteiger partial charge on any atom is -0.493 e. The number of hydrogen-bond acceptors (Lipinski definition) is 6. The predicted molar refractivity (Wildman–Crippen MR) is 137 cm³/mol. The molecule has 0 saturated heterocycles. The highest BCUT2D eigenvalue weighted by atomic mass is 16.6. The molecule has 3 aromatic carbocycles. The number of ether oxygens (including phenoxy) is 2. The molecule has 7 heteroatoms. The second kappa shape index (κ2) is 10.6. The van der Waals surface area contributed by atoms with Crippen molar-refractivity contribution < 1.29 is 14.3 Å². The van der Waals surface area contributed by atoms with E-state index in [9.17, 15) is 9.59 Å². The van der Waals surface area contributed by atoms with Crippen LogP contribution < -0.4 is 15.0 Å². The lowest BCUT2D eigenvalue weighted by atomic mass is 10.2. The summed E-state index contributed by atoms with van der Waals surface area (Å²) in [5.41, 5.74) is 1.96. The normalized spacial score (nSPS) is 11.5. The molecule has 7 nitrogen and oxygen atoms in total. The maximum Gasteiger partial charge on any atom is 0.336 e. The van der Waals surface area contributed by atoms with Crippen molar-refractivity contribution in [1.82, 2.24) is 9.66 Å². The lowest BCUT2D eigenvalue weighted by molar-refractivity contribution is -0.129.